The van der Waals surface area contributed by atoms with Crippen LogP contribution in [-0.4, -0.2) is 62.5 Å². The highest BCUT2D eigenvalue weighted by Gasteiger charge is 2.42. The molecular formula is C19H33IN4O2S. The van der Waals surface area contributed by atoms with Crippen LogP contribution in [0.5, 0.6) is 0 Å². The molecule has 1 aromatic rings. The van der Waals surface area contributed by atoms with Crippen molar-refractivity contribution >= 4 is 47.6 Å². The van der Waals surface area contributed by atoms with Crippen LogP contribution >= 0.6 is 35.7 Å². The first-order valence-electron chi connectivity index (χ1n) is 9.33. The third-order valence-corrected chi connectivity index (χ3v) is 5.42. The largest absolute Gasteiger partial charge is 0.469 e. The SMILES string of the molecule is CSCCNC(=NCC1(C(=O)N(C)C)CCCC1)NCCc1ccco1.I. The molecule has 0 aromatic carbocycles. The third-order valence-electron chi connectivity index (χ3n) is 4.80. The predicted molar refractivity (Wildman–Crippen MR) is 124 cm³/mol. The number of hydrogen-bond acceptors (Lipinski definition) is 4. The molecule has 0 saturated heterocycles. The lowest BCUT2D eigenvalue weighted by atomic mass is 9.85. The van der Waals surface area contributed by atoms with Gasteiger partial charge in [0.2, 0.25) is 5.91 Å². The summed E-state index contributed by atoms with van der Waals surface area (Å²) in [7, 11) is 3.68. The maximum atomic E-state index is 12.7. The minimum Gasteiger partial charge on any atom is -0.469 e. The van der Waals surface area contributed by atoms with Gasteiger partial charge in [0.25, 0.3) is 0 Å². The second-order valence-electron chi connectivity index (χ2n) is 7.03. The summed E-state index contributed by atoms with van der Waals surface area (Å²) in [5.41, 5.74) is -0.335. The van der Waals surface area contributed by atoms with E-state index in [4.69, 9.17) is 9.41 Å². The van der Waals surface area contributed by atoms with Gasteiger partial charge in [0, 0.05) is 39.4 Å². The van der Waals surface area contributed by atoms with E-state index in [1.807, 2.05) is 26.2 Å². The molecule has 2 N–H and O–H groups in total. The molecule has 0 unspecified atom stereocenters. The van der Waals surface area contributed by atoms with E-state index in [0.717, 1.165) is 62.7 Å². The summed E-state index contributed by atoms with van der Waals surface area (Å²) in [6, 6.07) is 3.88. The van der Waals surface area contributed by atoms with Crippen molar-refractivity contribution in [3.8, 4) is 0 Å². The molecule has 0 radical (unpaired) electrons. The molecule has 1 amide bonds. The third kappa shape index (κ3) is 7.56. The van der Waals surface area contributed by atoms with Gasteiger partial charge in [-0.15, -0.1) is 24.0 Å². The van der Waals surface area contributed by atoms with Crippen molar-refractivity contribution in [2.24, 2.45) is 10.4 Å². The number of guanidine groups is 1. The molecule has 0 atom stereocenters. The fourth-order valence-corrected chi connectivity index (χ4v) is 3.71. The number of rotatable bonds is 9. The number of furan rings is 1. The first-order chi connectivity index (χ1) is 12.6. The summed E-state index contributed by atoms with van der Waals surface area (Å²) < 4.78 is 5.38. The number of carbonyl (C=O) groups is 1. The fourth-order valence-electron chi connectivity index (χ4n) is 3.40. The lowest BCUT2D eigenvalue weighted by molar-refractivity contribution is -0.138. The first kappa shape index (κ1) is 24.1. The molecule has 1 aliphatic carbocycles. The normalized spacial score (nSPS) is 15.9. The smallest absolute Gasteiger partial charge is 0.230 e. The molecule has 8 heteroatoms. The number of thioether (sulfide) groups is 1. The number of aliphatic imine (C=N–C) groups is 1. The second-order valence-corrected chi connectivity index (χ2v) is 8.01. The van der Waals surface area contributed by atoms with Gasteiger partial charge in [-0.25, -0.2) is 0 Å². The second kappa shape index (κ2) is 12.5. The van der Waals surface area contributed by atoms with Crippen LogP contribution in [0, 0.1) is 5.41 Å². The maximum Gasteiger partial charge on any atom is 0.230 e. The van der Waals surface area contributed by atoms with Gasteiger partial charge >= 0.3 is 0 Å². The molecular weight excluding hydrogens is 475 g/mol. The lowest BCUT2D eigenvalue weighted by Gasteiger charge is -2.29. The summed E-state index contributed by atoms with van der Waals surface area (Å²) >= 11 is 1.80. The molecule has 154 valence electrons. The lowest BCUT2D eigenvalue weighted by Crippen LogP contribution is -2.43. The highest BCUT2D eigenvalue weighted by atomic mass is 127. The molecule has 6 nitrogen and oxygen atoms in total. The molecule has 1 heterocycles. The Morgan fingerprint density at radius 3 is 2.59 bits per heavy atom. The Morgan fingerprint density at radius 2 is 2.00 bits per heavy atom. The highest BCUT2D eigenvalue weighted by molar-refractivity contribution is 14.0. The number of halogens is 1. The topological polar surface area (TPSA) is 69.9 Å². The van der Waals surface area contributed by atoms with E-state index in [9.17, 15) is 4.79 Å². The zero-order valence-electron chi connectivity index (χ0n) is 16.6. The van der Waals surface area contributed by atoms with Crippen molar-refractivity contribution in [1.82, 2.24) is 15.5 Å². The van der Waals surface area contributed by atoms with Gasteiger partial charge in [-0.3, -0.25) is 9.79 Å². The quantitative estimate of drug-likeness (QED) is 0.232. The zero-order valence-corrected chi connectivity index (χ0v) is 19.8. The van der Waals surface area contributed by atoms with Gasteiger partial charge in [0.05, 0.1) is 18.2 Å². The zero-order chi connectivity index (χ0) is 18.8. The van der Waals surface area contributed by atoms with Crippen molar-refractivity contribution in [1.29, 1.82) is 0 Å². The highest BCUT2D eigenvalue weighted by Crippen LogP contribution is 2.39. The van der Waals surface area contributed by atoms with Crippen LogP contribution in [0.4, 0.5) is 0 Å². The van der Waals surface area contributed by atoms with Crippen LogP contribution in [0.15, 0.2) is 27.8 Å². The van der Waals surface area contributed by atoms with Crippen molar-refractivity contribution in [2.45, 2.75) is 32.1 Å². The van der Waals surface area contributed by atoms with Crippen LogP contribution in [0.3, 0.4) is 0 Å². The monoisotopic (exact) mass is 508 g/mol. The van der Waals surface area contributed by atoms with Gasteiger partial charge in [-0.05, 0) is 31.2 Å². The molecule has 0 bridgehead atoms. The summed E-state index contributed by atoms with van der Waals surface area (Å²) in [5, 5.41) is 6.74. The van der Waals surface area contributed by atoms with Gasteiger partial charge < -0.3 is 20.0 Å². The first-order valence-corrected chi connectivity index (χ1v) is 10.7. The van der Waals surface area contributed by atoms with E-state index < -0.39 is 0 Å². The van der Waals surface area contributed by atoms with Crippen LogP contribution in [0.2, 0.25) is 0 Å². The predicted octanol–water partition coefficient (Wildman–Crippen LogP) is 2.99. The summed E-state index contributed by atoms with van der Waals surface area (Å²) in [6.07, 6.45) is 8.66. The number of hydrogen-bond donors (Lipinski definition) is 2. The van der Waals surface area contributed by atoms with Gasteiger partial charge in [-0.1, -0.05) is 12.8 Å². The molecule has 1 aliphatic rings. The van der Waals surface area contributed by atoms with E-state index in [-0.39, 0.29) is 35.3 Å². The van der Waals surface area contributed by atoms with E-state index >= 15 is 0 Å². The Kier molecular flexibility index (Phi) is 11.2. The van der Waals surface area contributed by atoms with Crippen LogP contribution < -0.4 is 10.6 Å². The average Bonchev–Trinajstić information content (AvgIpc) is 3.31. The number of nitrogens with one attached hydrogen (secondary N) is 2. The molecule has 0 aliphatic heterocycles. The Labute approximate surface area is 184 Å². The molecule has 1 saturated carbocycles. The van der Waals surface area contributed by atoms with Crippen molar-refractivity contribution in [2.75, 3.05) is 45.7 Å². The van der Waals surface area contributed by atoms with Crippen LogP contribution in [0.1, 0.15) is 31.4 Å². The number of carbonyl (C=O) groups excluding carboxylic acids is 1. The Morgan fingerprint density at radius 1 is 1.30 bits per heavy atom. The summed E-state index contributed by atoms with van der Waals surface area (Å²) in [6.45, 7) is 2.13. The van der Waals surface area contributed by atoms with E-state index in [1.165, 1.54) is 0 Å². The van der Waals surface area contributed by atoms with Crippen molar-refractivity contribution < 1.29 is 9.21 Å². The van der Waals surface area contributed by atoms with Gasteiger partial charge in [0.1, 0.15) is 5.76 Å². The maximum absolute atomic E-state index is 12.7. The molecule has 1 aromatic heterocycles. The van der Waals surface area contributed by atoms with Crippen molar-refractivity contribution in [3.05, 3.63) is 24.2 Å². The Hall–Kier alpha value is -0.900. The molecule has 1 fully saturated rings. The Balaban J connectivity index is 0.00000364. The summed E-state index contributed by atoms with van der Waals surface area (Å²) in [5.74, 6) is 2.96. The van der Waals surface area contributed by atoms with E-state index in [1.54, 1.807) is 22.9 Å². The fraction of sp³-hybridized carbons (Fsp3) is 0.684. The van der Waals surface area contributed by atoms with E-state index in [2.05, 4.69) is 16.9 Å². The number of amides is 1. The molecule has 27 heavy (non-hydrogen) atoms. The van der Waals surface area contributed by atoms with Crippen molar-refractivity contribution in [3.63, 3.8) is 0 Å². The van der Waals surface area contributed by atoms with Crippen LogP contribution in [-0.2, 0) is 11.2 Å². The Bertz CT molecular complexity index is 572. The van der Waals surface area contributed by atoms with Gasteiger partial charge in [0.15, 0.2) is 5.96 Å². The summed E-state index contributed by atoms with van der Waals surface area (Å²) in [4.78, 5) is 19.2. The minimum absolute atomic E-state index is 0. The standard InChI is InChI=1S/C19H32N4O2S.HI/c1-23(2)17(24)19(9-4-5-10-19)15-22-18(21-12-14-26-3)20-11-8-16-7-6-13-25-16;/h6-7,13H,4-5,8-12,14-15H2,1-3H3,(H2,20,21,22);1H. The number of nitrogens with zero attached hydrogens (tertiary/aromatic N) is 2. The average molecular weight is 508 g/mol. The van der Waals surface area contributed by atoms with E-state index in [0.29, 0.717) is 6.54 Å². The molecule has 2 rings (SSSR count). The van der Waals surface area contributed by atoms with Gasteiger partial charge in [-0.2, -0.15) is 11.8 Å². The minimum atomic E-state index is -0.335. The van der Waals surface area contributed by atoms with Crippen LogP contribution in [0.25, 0.3) is 0 Å². The molecule has 0 spiro atoms.